The molecule has 1 heterocycles. The van der Waals surface area contributed by atoms with Gasteiger partial charge in [0.25, 0.3) is 0 Å². The zero-order valence-corrected chi connectivity index (χ0v) is 12.2. The van der Waals surface area contributed by atoms with E-state index in [1.165, 1.54) is 31.6 Å². The molecule has 0 N–H and O–H groups in total. The first-order valence-corrected chi connectivity index (χ1v) is 6.83. The Morgan fingerprint density at radius 3 is 2.10 bits per heavy atom. The minimum atomic E-state index is -0.565. The van der Waals surface area contributed by atoms with Gasteiger partial charge >= 0.3 is 11.9 Å². The maximum absolute atomic E-state index is 11.7. The molecule has 1 aromatic carbocycles. The van der Waals surface area contributed by atoms with Gasteiger partial charge in [-0.2, -0.15) is 0 Å². The van der Waals surface area contributed by atoms with E-state index in [9.17, 15) is 14.4 Å². The highest BCUT2D eigenvalue weighted by Gasteiger charge is 2.16. The summed E-state index contributed by atoms with van der Waals surface area (Å²) in [6, 6.07) is 6.31. The lowest BCUT2D eigenvalue weighted by molar-refractivity contribution is 0.0599. The van der Waals surface area contributed by atoms with E-state index in [1.807, 2.05) is 0 Å². The molecule has 1 aromatic heterocycles. The summed E-state index contributed by atoms with van der Waals surface area (Å²) in [6.07, 6.45) is 0.739. The van der Waals surface area contributed by atoms with Crippen molar-refractivity contribution in [2.45, 2.75) is 0 Å². The van der Waals surface area contributed by atoms with Crippen molar-refractivity contribution in [3.05, 3.63) is 45.6 Å². The molecule has 0 amide bonds. The van der Waals surface area contributed by atoms with Gasteiger partial charge in [-0.05, 0) is 35.2 Å². The summed E-state index contributed by atoms with van der Waals surface area (Å²) in [7, 11) is 2.52. The first kappa shape index (κ1) is 14.9. The molecule has 0 bridgehead atoms. The third-order valence-corrected chi connectivity index (χ3v) is 3.73. The summed E-state index contributed by atoms with van der Waals surface area (Å²) in [6.45, 7) is 0. The maximum Gasteiger partial charge on any atom is 0.337 e. The molecule has 0 spiro atoms. The third kappa shape index (κ3) is 3.00. The van der Waals surface area contributed by atoms with Gasteiger partial charge in [-0.1, -0.05) is 0 Å². The lowest BCUT2D eigenvalue weighted by Crippen LogP contribution is -2.07. The number of methoxy groups -OCH3 is 2. The molecule has 0 saturated heterocycles. The van der Waals surface area contributed by atoms with Crippen LogP contribution in [0.3, 0.4) is 0 Å². The molecular formula is C15H12O5S. The Morgan fingerprint density at radius 1 is 1.05 bits per heavy atom. The summed E-state index contributed by atoms with van der Waals surface area (Å²) >= 11 is 1.28. The van der Waals surface area contributed by atoms with Gasteiger partial charge < -0.3 is 9.47 Å². The second-order valence-corrected chi connectivity index (χ2v) is 5.05. The average Bonchev–Trinajstić information content (AvgIpc) is 3.01. The molecule has 0 atom stereocenters. The van der Waals surface area contributed by atoms with E-state index in [1.54, 1.807) is 23.6 Å². The van der Waals surface area contributed by atoms with Gasteiger partial charge in [-0.25, -0.2) is 9.59 Å². The van der Waals surface area contributed by atoms with Gasteiger partial charge in [0.15, 0.2) is 6.29 Å². The number of ether oxygens (including phenoxy) is 2. The number of carbonyl (C=O) groups is 3. The van der Waals surface area contributed by atoms with E-state index >= 15 is 0 Å². The summed E-state index contributed by atoms with van der Waals surface area (Å²) < 4.78 is 9.35. The van der Waals surface area contributed by atoms with Crippen LogP contribution >= 0.6 is 11.3 Å². The first-order chi connectivity index (χ1) is 10.1. The summed E-state index contributed by atoms with van der Waals surface area (Å²) in [5.74, 6) is -1.13. The lowest BCUT2D eigenvalue weighted by atomic mass is 10.0. The quantitative estimate of drug-likeness (QED) is 0.641. The number of aldehydes is 1. The van der Waals surface area contributed by atoms with Crippen molar-refractivity contribution in [1.82, 2.24) is 0 Å². The molecule has 108 valence electrons. The molecule has 2 rings (SSSR count). The summed E-state index contributed by atoms with van der Waals surface area (Å²) in [5.41, 5.74) is 1.68. The molecule has 6 heteroatoms. The van der Waals surface area contributed by atoms with E-state index in [4.69, 9.17) is 0 Å². The molecule has 0 unspecified atom stereocenters. The van der Waals surface area contributed by atoms with Crippen LogP contribution < -0.4 is 0 Å². The van der Waals surface area contributed by atoms with E-state index in [0.717, 1.165) is 6.29 Å². The zero-order chi connectivity index (χ0) is 15.4. The second-order valence-electron chi connectivity index (χ2n) is 4.10. The molecule has 0 fully saturated rings. The number of hydrogen-bond donors (Lipinski definition) is 0. The minimum Gasteiger partial charge on any atom is -0.465 e. The fourth-order valence-electron chi connectivity index (χ4n) is 1.91. The molecular weight excluding hydrogens is 292 g/mol. The number of benzene rings is 1. The van der Waals surface area contributed by atoms with Crippen molar-refractivity contribution in [2.24, 2.45) is 0 Å². The molecule has 0 saturated carbocycles. The standard InChI is InChI=1S/C15H12O5S/c1-19-14(17)10-5-9(6-11(7-10)15(18)20-2)12-3-4-21-13(12)8-16/h3-8H,1-2H3. The van der Waals surface area contributed by atoms with Crippen LogP contribution in [-0.4, -0.2) is 32.4 Å². The fourth-order valence-corrected chi connectivity index (χ4v) is 2.62. The molecule has 5 nitrogen and oxygen atoms in total. The Hall–Kier alpha value is -2.47. The lowest BCUT2D eigenvalue weighted by Gasteiger charge is -2.07. The van der Waals surface area contributed by atoms with Gasteiger partial charge in [0.2, 0.25) is 0 Å². The molecule has 21 heavy (non-hydrogen) atoms. The van der Waals surface area contributed by atoms with Gasteiger partial charge in [0.05, 0.1) is 30.2 Å². The van der Waals surface area contributed by atoms with E-state index in [-0.39, 0.29) is 11.1 Å². The van der Waals surface area contributed by atoms with Crippen LogP contribution in [0.2, 0.25) is 0 Å². The number of hydrogen-bond acceptors (Lipinski definition) is 6. The number of rotatable bonds is 4. The Kier molecular flexibility index (Phi) is 4.49. The Bertz CT molecular complexity index is 668. The number of carbonyl (C=O) groups excluding carboxylic acids is 3. The van der Waals surface area contributed by atoms with Crippen LogP contribution in [0.1, 0.15) is 30.4 Å². The van der Waals surface area contributed by atoms with Crippen molar-refractivity contribution >= 4 is 29.6 Å². The van der Waals surface area contributed by atoms with Crippen molar-refractivity contribution in [3.8, 4) is 11.1 Å². The SMILES string of the molecule is COC(=O)c1cc(C(=O)OC)cc(-c2ccsc2C=O)c1. The largest absolute Gasteiger partial charge is 0.465 e. The molecule has 0 aliphatic rings. The zero-order valence-electron chi connectivity index (χ0n) is 11.4. The van der Waals surface area contributed by atoms with Crippen LogP contribution in [0.15, 0.2) is 29.6 Å². The van der Waals surface area contributed by atoms with Crippen molar-refractivity contribution in [3.63, 3.8) is 0 Å². The topological polar surface area (TPSA) is 69.7 Å². The Balaban J connectivity index is 2.62. The van der Waals surface area contributed by atoms with E-state index in [2.05, 4.69) is 9.47 Å². The van der Waals surface area contributed by atoms with Crippen LogP contribution in [0.4, 0.5) is 0 Å². The Morgan fingerprint density at radius 2 is 1.62 bits per heavy atom. The van der Waals surface area contributed by atoms with Gasteiger partial charge in [-0.3, -0.25) is 4.79 Å². The third-order valence-electron chi connectivity index (χ3n) is 2.89. The van der Waals surface area contributed by atoms with Crippen molar-refractivity contribution < 1.29 is 23.9 Å². The van der Waals surface area contributed by atoms with Gasteiger partial charge in [0.1, 0.15) is 0 Å². The van der Waals surface area contributed by atoms with Crippen LogP contribution in [-0.2, 0) is 9.47 Å². The van der Waals surface area contributed by atoms with Gasteiger partial charge in [0, 0.05) is 5.56 Å². The van der Waals surface area contributed by atoms with E-state index in [0.29, 0.717) is 16.0 Å². The molecule has 0 aliphatic carbocycles. The number of thiophene rings is 1. The Labute approximate surface area is 125 Å². The highest BCUT2D eigenvalue weighted by atomic mass is 32.1. The smallest absolute Gasteiger partial charge is 0.337 e. The van der Waals surface area contributed by atoms with E-state index < -0.39 is 11.9 Å². The fraction of sp³-hybridized carbons (Fsp3) is 0.133. The van der Waals surface area contributed by atoms with Crippen molar-refractivity contribution in [1.29, 1.82) is 0 Å². The first-order valence-electron chi connectivity index (χ1n) is 5.95. The summed E-state index contributed by atoms with van der Waals surface area (Å²) in [4.78, 5) is 35.0. The normalized spacial score (nSPS) is 10.0. The summed E-state index contributed by atoms with van der Waals surface area (Å²) in [5, 5.41) is 1.77. The maximum atomic E-state index is 11.7. The average molecular weight is 304 g/mol. The van der Waals surface area contributed by atoms with Crippen molar-refractivity contribution in [2.75, 3.05) is 14.2 Å². The molecule has 0 radical (unpaired) electrons. The predicted molar refractivity (Wildman–Crippen MR) is 77.8 cm³/mol. The monoisotopic (exact) mass is 304 g/mol. The number of esters is 2. The second kappa shape index (κ2) is 6.32. The highest BCUT2D eigenvalue weighted by molar-refractivity contribution is 7.12. The minimum absolute atomic E-state index is 0.221. The van der Waals surface area contributed by atoms with Gasteiger partial charge in [-0.15, -0.1) is 11.3 Å². The van der Waals surface area contributed by atoms with Crippen LogP contribution in [0.25, 0.3) is 11.1 Å². The molecule has 0 aliphatic heterocycles. The molecule has 2 aromatic rings. The highest BCUT2D eigenvalue weighted by Crippen LogP contribution is 2.29. The van der Waals surface area contributed by atoms with Crippen LogP contribution in [0.5, 0.6) is 0 Å². The van der Waals surface area contributed by atoms with Crippen LogP contribution in [0, 0.1) is 0 Å². The predicted octanol–water partition coefficient (Wildman–Crippen LogP) is 2.80.